The molecule has 0 saturated heterocycles. The number of hydrogen-bond acceptors (Lipinski definition) is 3. The van der Waals surface area contributed by atoms with Gasteiger partial charge < -0.3 is 15.4 Å². The first-order valence-corrected chi connectivity index (χ1v) is 7.32. The minimum atomic E-state index is 0.587. The Labute approximate surface area is 116 Å². The highest BCUT2D eigenvalue weighted by Gasteiger charge is 2.29. The maximum atomic E-state index is 5.74. The Morgan fingerprint density at radius 1 is 1.32 bits per heavy atom. The summed E-state index contributed by atoms with van der Waals surface area (Å²) in [7, 11) is 2.22. The molecule has 0 aromatic heterocycles. The molecule has 2 N–H and O–H groups in total. The molecule has 1 atom stereocenters. The zero-order valence-electron chi connectivity index (χ0n) is 12.1. The zero-order chi connectivity index (χ0) is 13.7. The van der Waals surface area contributed by atoms with Crippen LogP contribution in [0.25, 0.3) is 0 Å². The number of benzene rings is 1. The van der Waals surface area contributed by atoms with Crippen LogP contribution in [0, 0.1) is 5.92 Å². The highest BCUT2D eigenvalue weighted by molar-refractivity contribution is 5.26. The molecule has 1 saturated carbocycles. The van der Waals surface area contributed by atoms with Gasteiger partial charge >= 0.3 is 0 Å². The number of nitrogens with two attached hydrogens (primary N) is 1. The Bertz CT molecular complexity index is 373. The summed E-state index contributed by atoms with van der Waals surface area (Å²) in [6, 6.07) is 8.77. The molecule has 3 nitrogen and oxygen atoms in total. The van der Waals surface area contributed by atoms with Crippen LogP contribution in [0.2, 0.25) is 0 Å². The largest absolute Gasteiger partial charge is 0.494 e. The standard InChI is InChI=1S/C16H26N2O/c1-13(15-6-7-15)18(2)10-3-11-19-16-8-4-14(12-17)5-9-16/h4-5,8-9,13,15H,3,6-7,10-12,17H2,1-2H3. The SMILES string of the molecule is CC(C1CC1)N(C)CCCOc1ccc(CN)cc1. The first-order valence-electron chi connectivity index (χ1n) is 7.32. The summed E-state index contributed by atoms with van der Waals surface area (Å²) in [5.41, 5.74) is 6.71. The van der Waals surface area contributed by atoms with Crippen molar-refractivity contribution in [3.8, 4) is 5.75 Å². The van der Waals surface area contributed by atoms with Gasteiger partial charge in [0.15, 0.2) is 0 Å². The van der Waals surface area contributed by atoms with Crippen molar-refractivity contribution in [1.29, 1.82) is 0 Å². The van der Waals surface area contributed by atoms with Gasteiger partial charge in [-0.25, -0.2) is 0 Å². The fraction of sp³-hybridized carbons (Fsp3) is 0.625. The second-order valence-electron chi connectivity index (χ2n) is 5.61. The average molecular weight is 262 g/mol. The van der Waals surface area contributed by atoms with Crippen LogP contribution in [0.4, 0.5) is 0 Å². The lowest BCUT2D eigenvalue weighted by molar-refractivity contribution is 0.209. The van der Waals surface area contributed by atoms with E-state index in [1.807, 2.05) is 24.3 Å². The zero-order valence-corrected chi connectivity index (χ0v) is 12.1. The number of ether oxygens (including phenoxy) is 1. The van der Waals surface area contributed by atoms with Crippen LogP contribution in [0.5, 0.6) is 5.75 Å². The summed E-state index contributed by atoms with van der Waals surface area (Å²) in [6.45, 7) is 4.82. The maximum absolute atomic E-state index is 5.74. The molecule has 0 heterocycles. The highest BCUT2D eigenvalue weighted by Crippen LogP contribution is 2.34. The lowest BCUT2D eigenvalue weighted by Gasteiger charge is -2.24. The molecule has 1 aliphatic carbocycles. The van der Waals surface area contributed by atoms with E-state index < -0.39 is 0 Å². The third kappa shape index (κ3) is 4.51. The van der Waals surface area contributed by atoms with Gasteiger partial charge in [-0.2, -0.15) is 0 Å². The van der Waals surface area contributed by atoms with Crippen LogP contribution >= 0.6 is 0 Å². The van der Waals surface area contributed by atoms with E-state index in [0.717, 1.165) is 42.8 Å². The molecule has 1 aromatic carbocycles. The summed E-state index contributed by atoms with van der Waals surface area (Å²) >= 11 is 0. The molecule has 1 unspecified atom stereocenters. The van der Waals surface area contributed by atoms with Gasteiger partial charge in [0.05, 0.1) is 6.61 Å². The van der Waals surface area contributed by atoms with Crippen LogP contribution in [0.15, 0.2) is 24.3 Å². The van der Waals surface area contributed by atoms with Gasteiger partial charge in [0.2, 0.25) is 0 Å². The normalized spacial score (nSPS) is 16.6. The van der Waals surface area contributed by atoms with E-state index in [0.29, 0.717) is 6.54 Å². The lowest BCUT2D eigenvalue weighted by atomic mass is 10.2. The van der Waals surface area contributed by atoms with Gasteiger partial charge in [0, 0.05) is 19.1 Å². The van der Waals surface area contributed by atoms with Crippen LogP contribution < -0.4 is 10.5 Å². The van der Waals surface area contributed by atoms with E-state index >= 15 is 0 Å². The third-order valence-electron chi connectivity index (χ3n) is 4.08. The van der Waals surface area contributed by atoms with Crippen LogP contribution in [0.1, 0.15) is 31.7 Å². The van der Waals surface area contributed by atoms with Gasteiger partial charge in [-0.3, -0.25) is 0 Å². The fourth-order valence-corrected chi connectivity index (χ4v) is 2.37. The summed E-state index contributed by atoms with van der Waals surface area (Å²) in [5, 5.41) is 0. The average Bonchev–Trinajstić information content (AvgIpc) is 3.27. The van der Waals surface area contributed by atoms with E-state index in [1.54, 1.807) is 0 Å². The van der Waals surface area contributed by atoms with Crippen molar-refractivity contribution in [2.45, 2.75) is 38.8 Å². The molecule has 0 bridgehead atoms. The molecule has 0 aliphatic heterocycles. The molecule has 1 aliphatic rings. The summed E-state index contributed by atoms with van der Waals surface area (Å²) < 4.78 is 5.74. The molecule has 0 amide bonds. The van der Waals surface area contributed by atoms with Crippen LogP contribution in [0.3, 0.4) is 0 Å². The molecule has 0 spiro atoms. The van der Waals surface area contributed by atoms with Gasteiger partial charge in [-0.05, 0) is 56.8 Å². The third-order valence-corrected chi connectivity index (χ3v) is 4.08. The predicted molar refractivity (Wildman–Crippen MR) is 79.3 cm³/mol. The quantitative estimate of drug-likeness (QED) is 0.732. The molecule has 1 fully saturated rings. The van der Waals surface area contributed by atoms with E-state index in [1.165, 1.54) is 12.8 Å². The predicted octanol–water partition coefficient (Wildman–Crippen LogP) is 2.64. The number of rotatable bonds is 8. The smallest absolute Gasteiger partial charge is 0.119 e. The molecule has 3 heteroatoms. The van der Waals surface area contributed by atoms with Gasteiger partial charge in [-0.1, -0.05) is 12.1 Å². The van der Waals surface area contributed by atoms with Gasteiger partial charge in [0.1, 0.15) is 5.75 Å². The number of nitrogens with zero attached hydrogens (tertiary/aromatic N) is 1. The maximum Gasteiger partial charge on any atom is 0.119 e. The van der Waals surface area contributed by atoms with Gasteiger partial charge in [0.25, 0.3) is 0 Å². The topological polar surface area (TPSA) is 38.5 Å². The minimum Gasteiger partial charge on any atom is -0.494 e. The molecular weight excluding hydrogens is 236 g/mol. The van der Waals surface area contributed by atoms with E-state index in [9.17, 15) is 0 Å². The van der Waals surface area contributed by atoms with Gasteiger partial charge in [-0.15, -0.1) is 0 Å². The first kappa shape index (κ1) is 14.4. The Balaban J connectivity index is 1.62. The van der Waals surface area contributed by atoms with Crippen molar-refractivity contribution in [2.24, 2.45) is 11.7 Å². The molecule has 106 valence electrons. The minimum absolute atomic E-state index is 0.587. The fourth-order valence-electron chi connectivity index (χ4n) is 2.37. The Morgan fingerprint density at radius 2 is 2.00 bits per heavy atom. The first-order chi connectivity index (χ1) is 9.20. The molecule has 0 radical (unpaired) electrons. The van der Waals surface area contributed by atoms with Crippen LogP contribution in [-0.4, -0.2) is 31.1 Å². The molecular formula is C16H26N2O. The summed E-state index contributed by atoms with van der Waals surface area (Å²) in [6.07, 6.45) is 3.90. The molecule has 19 heavy (non-hydrogen) atoms. The Kier molecular flexibility index (Phi) is 5.23. The van der Waals surface area contributed by atoms with Crippen molar-refractivity contribution in [1.82, 2.24) is 4.90 Å². The number of hydrogen-bond donors (Lipinski definition) is 1. The van der Waals surface area contributed by atoms with E-state index in [-0.39, 0.29) is 0 Å². The van der Waals surface area contributed by atoms with E-state index in [4.69, 9.17) is 10.5 Å². The van der Waals surface area contributed by atoms with E-state index in [2.05, 4.69) is 18.9 Å². The highest BCUT2D eigenvalue weighted by atomic mass is 16.5. The van der Waals surface area contributed by atoms with Crippen LogP contribution in [-0.2, 0) is 6.54 Å². The second kappa shape index (κ2) is 6.92. The lowest BCUT2D eigenvalue weighted by Crippen LogP contribution is -2.32. The Hall–Kier alpha value is -1.06. The summed E-state index contributed by atoms with van der Waals surface area (Å²) in [5.74, 6) is 1.88. The molecule has 2 rings (SSSR count). The van der Waals surface area contributed by atoms with Crippen molar-refractivity contribution in [3.63, 3.8) is 0 Å². The van der Waals surface area contributed by atoms with Crippen molar-refractivity contribution >= 4 is 0 Å². The van der Waals surface area contributed by atoms with Crippen molar-refractivity contribution in [2.75, 3.05) is 20.2 Å². The second-order valence-corrected chi connectivity index (χ2v) is 5.61. The monoisotopic (exact) mass is 262 g/mol. The van der Waals surface area contributed by atoms with Crippen molar-refractivity contribution in [3.05, 3.63) is 29.8 Å². The Morgan fingerprint density at radius 3 is 2.58 bits per heavy atom. The summed E-state index contributed by atoms with van der Waals surface area (Å²) in [4.78, 5) is 2.46. The van der Waals surface area contributed by atoms with Crippen molar-refractivity contribution < 1.29 is 4.74 Å². The molecule has 1 aromatic rings.